The fourth-order valence-corrected chi connectivity index (χ4v) is 3.14. The van der Waals surface area contributed by atoms with Gasteiger partial charge in [0.1, 0.15) is 5.82 Å². The Hall–Kier alpha value is -1.49. The summed E-state index contributed by atoms with van der Waals surface area (Å²) in [4.78, 5) is 12.8. The highest BCUT2D eigenvalue weighted by Gasteiger charge is 2.36. The molecule has 114 valence electrons. The average molecular weight is 308 g/mol. The predicted octanol–water partition coefficient (Wildman–Crippen LogP) is 3.24. The Morgan fingerprint density at radius 2 is 1.90 bits per heavy atom. The standard InChI is InChI=1S/C16H21FN2OS/c1-11-6-7-12(17)10-13(11)14(20)19-16(15(18)21)8-4-2-3-5-9-16/h6-7,10H,2-5,8-9H2,1H3,(H2,18,21)(H,19,20). The fraction of sp³-hybridized carbons (Fsp3) is 0.500. The van der Waals surface area contributed by atoms with Crippen LogP contribution in [0.25, 0.3) is 0 Å². The molecule has 3 N–H and O–H groups in total. The van der Waals surface area contributed by atoms with Crippen molar-refractivity contribution in [3.63, 3.8) is 0 Å². The SMILES string of the molecule is Cc1ccc(F)cc1C(=O)NC1(C(N)=S)CCCCCC1. The number of hydrogen-bond acceptors (Lipinski definition) is 2. The van der Waals surface area contributed by atoms with Crippen LogP contribution in [0.1, 0.15) is 54.4 Å². The van der Waals surface area contributed by atoms with Crippen LogP contribution in [0.5, 0.6) is 0 Å². The second-order valence-corrected chi connectivity index (χ2v) is 6.21. The van der Waals surface area contributed by atoms with Gasteiger partial charge in [-0.05, 0) is 37.5 Å². The zero-order valence-electron chi connectivity index (χ0n) is 12.2. The third-order valence-electron chi connectivity index (χ3n) is 4.23. The molecule has 1 aliphatic carbocycles. The first-order valence-corrected chi connectivity index (χ1v) is 7.74. The predicted molar refractivity (Wildman–Crippen MR) is 85.8 cm³/mol. The van der Waals surface area contributed by atoms with Crippen molar-refractivity contribution in [2.45, 2.75) is 51.0 Å². The topological polar surface area (TPSA) is 55.1 Å². The van der Waals surface area contributed by atoms with Crippen LogP contribution >= 0.6 is 12.2 Å². The first-order valence-electron chi connectivity index (χ1n) is 7.33. The second kappa shape index (κ2) is 6.52. The lowest BCUT2D eigenvalue weighted by atomic mass is 9.89. The lowest BCUT2D eigenvalue weighted by Crippen LogP contribution is -2.56. The number of rotatable bonds is 3. The van der Waals surface area contributed by atoms with Crippen LogP contribution in [0.3, 0.4) is 0 Å². The Morgan fingerprint density at radius 3 is 2.48 bits per heavy atom. The minimum atomic E-state index is -0.637. The molecule has 1 aromatic rings. The van der Waals surface area contributed by atoms with Crippen LogP contribution in [0.4, 0.5) is 4.39 Å². The monoisotopic (exact) mass is 308 g/mol. The van der Waals surface area contributed by atoms with Gasteiger partial charge >= 0.3 is 0 Å². The van der Waals surface area contributed by atoms with Crippen LogP contribution in [0.2, 0.25) is 0 Å². The molecule has 0 heterocycles. The maximum Gasteiger partial charge on any atom is 0.252 e. The lowest BCUT2D eigenvalue weighted by molar-refractivity contribution is 0.0916. The van der Waals surface area contributed by atoms with Crippen molar-refractivity contribution in [1.29, 1.82) is 0 Å². The van der Waals surface area contributed by atoms with Gasteiger partial charge in [-0.25, -0.2) is 4.39 Å². The largest absolute Gasteiger partial charge is 0.391 e. The molecule has 1 amide bonds. The number of amides is 1. The number of nitrogens with one attached hydrogen (secondary N) is 1. The Balaban J connectivity index is 2.26. The second-order valence-electron chi connectivity index (χ2n) is 5.77. The van der Waals surface area contributed by atoms with Gasteiger partial charge in [0, 0.05) is 5.56 Å². The molecule has 1 saturated carbocycles. The number of hydrogen-bond donors (Lipinski definition) is 2. The molecule has 3 nitrogen and oxygen atoms in total. The van der Waals surface area contributed by atoms with Crippen LogP contribution < -0.4 is 11.1 Å². The summed E-state index contributed by atoms with van der Waals surface area (Å²) in [5.74, 6) is -0.724. The summed E-state index contributed by atoms with van der Waals surface area (Å²) in [5, 5.41) is 2.98. The zero-order chi connectivity index (χ0) is 15.5. The number of thiocarbonyl (C=S) groups is 1. The smallest absolute Gasteiger partial charge is 0.252 e. The molecule has 2 rings (SSSR count). The van der Waals surface area contributed by atoms with E-state index in [4.69, 9.17) is 18.0 Å². The molecule has 1 fully saturated rings. The number of halogens is 1. The van der Waals surface area contributed by atoms with Crippen LogP contribution in [-0.2, 0) is 0 Å². The normalized spacial score (nSPS) is 17.8. The summed E-state index contributed by atoms with van der Waals surface area (Å²) in [5.41, 5.74) is 6.35. The quantitative estimate of drug-likeness (QED) is 0.666. The molecule has 0 saturated heterocycles. The number of benzene rings is 1. The van der Waals surface area contributed by atoms with E-state index in [1.807, 2.05) is 0 Å². The zero-order valence-corrected chi connectivity index (χ0v) is 13.1. The van der Waals surface area contributed by atoms with E-state index in [-0.39, 0.29) is 5.91 Å². The minimum absolute atomic E-state index is 0.304. The van der Waals surface area contributed by atoms with Crippen molar-refractivity contribution in [1.82, 2.24) is 5.32 Å². The van der Waals surface area contributed by atoms with E-state index >= 15 is 0 Å². The van der Waals surface area contributed by atoms with Crippen LogP contribution in [0, 0.1) is 12.7 Å². The molecule has 1 aromatic carbocycles. The number of carbonyl (C=O) groups excluding carboxylic acids is 1. The van der Waals surface area contributed by atoms with Gasteiger partial charge in [-0.3, -0.25) is 4.79 Å². The Bertz CT molecular complexity index is 551. The van der Waals surface area contributed by atoms with Crippen molar-refractivity contribution >= 4 is 23.1 Å². The first kappa shape index (κ1) is 15.9. The van der Waals surface area contributed by atoms with Crippen molar-refractivity contribution < 1.29 is 9.18 Å². The van der Waals surface area contributed by atoms with E-state index in [1.54, 1.807) is 13.0 Å². The van der Waals surface area contributed by atoms with E-state index in [0.29, 0.717) is 10.6 Å². The van der Waals surface area contributed by atoms with Gasteiger partial charge < -0.3 is 11.1 Å². The van der Waals surface area contributed by atoms with Gasteiger partial charge in [0.25, 0.3) is 5.91 Å². The van der Waals surface area contributed by atoms with Crippen molar-refractivity contribution in [3.8, 4) is 0 Å². The van der Waals surface area contributed by atoms with Gasteiger partial charge in [-0.2, -0.15) is 0 Å². The van der Waals surface area contributed by atoms with E-state index in [1.165, 1.54) is 12.1 Å². The summed E-state index contributed by atoms with van der Waals surface area (Å²) in [6, 6.07) is 4.21. The number of carbonyl (C=O) groups is 1. The van der Waals surface area contributed by atoms with E-state index in [9.17, 15) is 9.18 Å². The van der Waals surface area contributed by atoms with Crippen LogP contribution in [0.15, 0.2) is 18.2 Å². The molecule has 0 unspecified atom stereocenters. The van der Waals surface area contributed by atoms with Crippen molar-refractivity contribution in [2.24, 2.45) is 5.73 Å². The third kappa shape index (κ3) is 3.59. The van der Waals surface area contributed by atoms with Gasteiger partial charge in [-0.15, -0.1) is 0 Å². The highest BCUT2D eigenvalue weighted by Crippen LogP contribution is 2.28. The first-order chi connectivity index (χ1) is 9.94. The minimum Gasteiger partial charge on any atom is -0.391 e. The molecule has 1 aliphatic rings. The molecule has 21 heavy (non-hydrogen) atoms. The fourth-order valence-electron chi connectivity index (χ4n) is 2.89. The van der Waals surface area contributed by atoms with Gasteiger partial charge in [0.2, 0.25) is 0 Å². The van der Waals surface area contributed by atoms with Gasteiger partial charge in [0.15, 0.2) is 0 Å². The molecular weight excluding hydrogens is 287 g/mol. The molecule has 0 aliphatic heterocycles. The lowest BCUT2D eigenvalue weighted by Gasteiger charge is -2.33. The Kier molecular flexibility index (Phi) is 4.93. The highest BCUT2D eigenvalue weighted by molar-refractivity contribution is 7.80. The molecule has 0 atom stereocenters. The summed E-state index contributed by atoms with van der Waals surface area (Å²) < 4.78 is 13.4. The molecule has 0 spiro atoms. The molecule has 5 heteroatoms. The summed E-state index contributed by atoms with van der Waals surface area (Å²) in [7, 11) is 0. The molecule has 0 bridgehead atoms. The molecule has 0 radical (unpaired) electrons. The maximum atomic E-state index is 13.4. The Morgan fingerprint density at radius 1 is 1.29 bits per heavy atom. The average Bonchev–Trinajstić information content (AvgIpc) is 2.68. The highest BCUT2D eigenvalue weighted by atomic mass is 32.1. The van der Waals surface area contributed by atoms with Gasteiger partial charge in [-0.1, -0.05) is 44.0 Å². The Labute approximate surface area is 130 Å². The third-order valence-corrected chi connectivity index (χ3v) is 4.62. The van der Waals surface area contributed by atoms with Crippen molar-refractivity contribution in [3.05, 3.63) is 35.1 Å². The van der Waals surface area contributed by atoms with Gasteiger partial charge in [0.05, 0.1) is 10.5 Å². The maximum absolute atomic E-state index is 13.4. The molecular formula is C16H21FN2OS. The van der Waals surface area contributed by atoms with Crippen molar-refractivity contribution in [2.75, 3.05) is 0 Å². The van der Waals surface area contributed by atoms with Crippen LogP contribution in [-0.4, -0.2) is 16.4 Å². The van der Waals surface area contributed by atoms with E-state index in [2.05, 4.69) is 5.32 Å². The number of aryl methyl sites for hydroxylation is 1. The summed E-state index contributed by atoms with van der Waals surface area (Å²) in [6.07, 6.45) is 5.73. The van der Waals surface area contributed by atoms with E-state index < -0.39 is 11.4 Å². The molecule has 0 aromatic heterocycles. The summed E-state index contributed by atoms with van der Waals surface area (Å²) >= 11 is 5.20. The van der Waals surface area contributed by atoms with E-state index in [0.717, 1.165) is 44.1 Å². The summed E-state index contributed by atoms with van der Waals surface area (Å²) in [6.45, 7) is 1.79. The number of nitrogens with two attached hydrogens (primary N) is 1.